The number of ether oxygens (including phenoxy) is 2. The third-order valence-electron chi connectivity index (χ3n) is 3.07. The van der Waals surface area contributed by atoms with Crippen LogP contribution in [0.25, 0.3) is 0 Å². The second-order valence-corrected chi connectivity index (χ2v) is 6.32. The van der Waals surface area contributed by atoms with Crippen LogP contribution in [0.15, 0.2) is 0 Å². The van der Waals surface area contributed by atoms with Gasteiger partial charge in [0.05, 0.1) is 19.3 Å². The van der Waals surface area contributed by atoms with Crippen LogP contribution in [0.1, 0.15) is 39.6 Å². The number of nitrogens with one attached hydrogen (secondary N) is 1. The third-order valence-corrected chi connectivity index (χ3v) is 3.07. The van der Waals surface area contributed by atoms with Crippen LogP contribution in [-0.2, 0) is 9.47 Å². The first-order valence-electron chi connectivity index (χ1n) is 7.58. The zero-order chi connectivity index (χ0) is 17.0. The molecule has 9 heteroatoms. The van der Waals surface area contributed by atoms with Gasteiger partial charge in [0.25, 0.3) is 0 Å². The van der Waals surface area contributed by atoms with Crippen molar-refractivity contribution in [2.45, 2.75) is 39.3 Å². The maximum atomic E-state index is 11.9. The minimum atomic E-state index is -0.569. The van der Waals surface area contributed by atoms with Gasteiger partial charge in [-0.1, -0.05) is 0 Å². The summed E-state index contributed by atoms with van der Waals surface area (Å²) in [5, 5.41) is 2.70. The van der Waals surface area contributed by atoms with E-state index < -0.39 is 17.7 Å². The summed E-state index contributed by atoms with van der Waals surface area (Å²) in [6.07, 6.45) is -0.531. The van der Waals surface area contributed by atoms with Crippen molar-refractivity contribution in [1.82, 2.24) is 20.3 Å². The van der Waals surface area contributed by atoms with Crippen LogP contribution in [0.2, 0.25) is 0 Å². The minimum Gasteiger partial charge on any atom is -0.444 e. The topological polar surface area (TPSA) is 115 Å². The lowest BCUT2D eigenvalue weighted by molar-refractivity contribution is 0.0505. The van der Waals surface area contributed by atoms with E-state index in [0.29, 0.717) is 38.1 Å². The van der Waals surface area contributed by atoms with Crippen LogP contribution in [-0.4, -0.2) is 52.9 Å². The van der Waals surface area contributed by atoms with Crippen molar-refractivity contribution in [2.75, 3.05) is 36.9 Å². The van der Waals surface area contributed by atoms with Crippen molar-refractivity contribution in [3.8, 4) is 0 Å². The van der Waals surface area contributed by atoms with Crippen LogP contribution >= 0.6 is 0 Å². The van der Waals surface area contributed by atoms with Crippen LogP contribution in [0, 0.1) is 0 Å². The predicted octanol–water partition coefficient (Wildman–Crippen LogP) is 0.876. The summed E-state index contributed by atoms with van der Waals surface area (Å²) < 4.78 is 10.5. The molecule has 0 saturated carbocycles. The molecule has 1 aliphatic rings. The second-order valence-electron chi connectivity index (χ2n) is 6.32. The molecule has 1 aromatic rings. The molecule has 0 radical (unpaired) electrons. The number of carbonyl (C=O) groups excluding carboxylic acids is 1. The Balaban J connectivity index is 2.09. The Bertz CT molecular complexity index is 554. The van der Waals surface area contributed by atoms with Crippen molar-refractivity contribution < 1.29 is 14.3 Å². The van der Waals surface area contributed by atoms with E-state index in [1.54, 1.807) is 27.7 Å². The zero-order valence-electron chi connectivity index (χ0n) is 14.0. The van der Waals surface area contributed by atoms with E-state index in [2.05, 4.69) is 20.3 Å². The van der Waals surface area contributed by atoms with E-state index in [4.69, 9.17) is 15.2 Å². The molecule has 2 rings (SSSR count). The van der Waals surface area contributed by atoms with Gasteiger partial charge in [-0.3, -0.25) is 0 Å². The summed E-state index contributed by atoms with van der Waals surface area (Å²) in [5.74, 6) is 1.01. The van der Waals surface area contributed by atoms with Crippen LogP contribution in [0.3, 0.4) is 0 Å². The summed E-state index contributed by atoms with van der Waals surface area (Å²) in [6.45, 7) is 9.78. The number of carbonyl (C=O) groups is 1. The fourth-order valence-corrected chi connectivity index (χ4v) is 2.04. The lowest BCUT2D eigenvalue weighted by Gasteiger charge is -2.27. The monoisotopic (exact) mass is 324 g/mol. The number of hydrogen-bond acceptors (Lipinski definition) is 8. The Hall–Kier alpha value is -2.16. The van der Waals surface area contributed by atoms with Gasteiger partial charge in [-0.25, -0.2) is 4.79 Å². The van der Waals surface area contributed by atoms with Crippen molar-refractivity contribution in [2.24, 2.45) is 0 Å². The Labute approximate surface area is 135 Å². The molecule has 23 heavy (non-hydrogen) atoms. The van der Waals surface area contributed by atoms with E-state index in [-0.39, 0.29) is 5.95 Å². The second kappa shape index (κ2) is 6.95. The normalized spacial score (nSPS) is 16.8. The molecule has 0 bridgehead atoms. The Kier molecular flexibility index (Phi) is 5.19. The molecule has 1 fully saturated rings. The largest absolute Gasteiger partial charge is 0.444 e. The standard InChI is InChI=1S/C14H24N6O3/c1-9(16-13(21)23-14(2,3)4)10-17-11(15)19-12(18-10)20-5-7-22-8-6-20/h9H,5-8H2,1-4H3,(H,16,21)(H2,15,17,18,19)/t9-/m1/s1. The number of rotatable bonds is 3. The van der Waals surface area contributed by atoms with Gasteiger partial charge in [-0.05, 0) is 27.7 Å². The van der Waals surface area contributed by atoms with Gasteiger partial charge < -0.3 is 25.4 Å². The Morgan fingerprint density at radius 2 is 1.96 bits per heavy atom. The maximum Gasteiger partial charge on any atom is 0.408 e. The number of nitrogen functional groups attached to an aromatic ring is 1. The van der Waals surface area contributed by atoms with Crippen molar-refractivity contribution in [3.05, 3.63) is 5.82 Å². The number of amides is 1. The van der Waals surface area contributed by atoms with Gasteiger partial charge in [0.15, 0.2) is 5.82 Å². The Morgan fingerprint density at radius 3 is 2.57 bits per heavy atom. The summed E-state index contributed by atoms with van der Waals surface area (Å²) >= 11 is 0. The molecule has 1 atom stereocenters. The summed E-state index contributed by atoms with van der Waals surface area (Å²) in [4.78, 5) is 26.5. The molecule has 128 valence electrons. The Morgan fingerprint density at radius 1 is 1.30 bits per heavy atom. The molecule has 1 saturated heterocycles. The van der Waals surface area contributed by atoms with E-state index in [9.17, 15) is 4.79 Å². The quantitative estimate of drug-likeness (QED) is 0.841. The number of hydrogen-bond donors (Lipinski definition) is 2. The molecule has 3 N–H and O–H groups in total. The zero-order valence-corrected chi connectivity index (χ0v) is 14.0. The molecule has 0 spiro atoms. The maximum absolute atomic E-state index is 11.9. The fraction of sp³-hybridized carbons (Fsp3) is 0.714. The average molecular weight is 324 g/mol. The van der Waals surface area contributed by atoms with Gasteiger partial charge in [0, 0.05) is 13.1 Å². The van der Waals surface area contributed by atoms with Gasteiger partial charge in [0.1, 0.15) is 5.60 Å². The number of nitrogens with zero attached hydrogens (tertiary/aromatic N) is 4. The highest BCUT2D eigenvalue weighted by molar-refractivity contribution is 5.68. The molecule has 0 unspecified atom stereocenters. The van der Waals surface area contributed by atoms with E-state index in [0.717, 1.165) is 0 Å². The van der Waals surface area contributed by atoms with Gasteiger partial charge in [-0.2, -0.15) is 15.0 Å². The highest BCUT2D eigenvalue weighted by atomic mass is 16.6. The molecule has 9 nitrogen and oxygen atoms in total. The molecule has 1 amide bonds. The highest BCUT2D eigenvalue weighted by Gasteiger charge is 2.22. The SMILES string of the molecule is C[C@@H](NC(=O)OC(C)(C)C)c1nc(N)nc(N2CCOCC2)n1. The van der Waals surface area contributed by atoms with Crippen molar-refractivity contribution in [3.63, 3.8) is 0 Å². The molecule has 0 aliphatic carbocycles. The van der Waals surface area contributed by atoms with Gasteiger partial charge in [-0.15, -0.1) is 0 Å². The van der Waals surface area contributed by atoms with Crippen molar-refractivity contribution in [1.29, 1.82) is 0 Å². The highest BCUT2D eigenvalue weighted by Crippen LogP contribution is 2.16. The van der Waals surface area contributed by atoms with Gasteiger partial charge >= 0.3 is 6.09 Å². The fourth-order valence-electron chi connectivity index (χ4n) is 2.04. The first kappa shape index (κ1) is 17.2. The molecule has 1 aliphatic heterocycles. The summed E-state index contributed by atoms with van der Waals surface area (Å²) in [5.41, 5.74) is 5.20. The van der Waals surface area contributed by atoms with Crippen LogP contribution in [0.4, 0.5) is 16.7 Å². The summed E-state index contributed by atoms with van der Waals surface area (Å²) in [6, 6.07) is -0.449. The van der Waals surface area contributed by atoms with E-state index >= 15 is 0 Å². The molecular weight excluding hydrogens is 300 g/mol. The smallest absolute Gasteiger partial charge is 0.408 e. The third kappa shape index (κ3) is 5.20. The lowest BCUT2D eigenvalue weighted by Crippen LogP contribution is -2.38. The molecule has 2 heterocycles. The van der Waals surface area contributed by atoms with Crippen LogP contribution in [0.5, 0.6) is 0 Å². The van der Waals surface area contributed by atoms with Gasteiger partial charge in [0.2, 0.25) is 11.9 Å². The number of alkyl carbamates (subject to hydrolysis) is 1. The number of nitrogens with two attached hydrogens (primary N) is 1. The average Bonchev–Trinajstić information content (AvgIpc) is 2.45. The van der Waals surface area contributed by atoms with Crippen molar-refractivity contribution >= 4 is 18.0 Å². The minimum absolute atomic E-state index is 0.120. The first-order chi connectivity index (χ1) is 10.7. The predicted molar refractivity (Wildman–Crippen MR) is 85.1 cm³/mol. The molecular formula is C14H24N6O3. The molecule has 1 aromatic heterocycles. The number of aromatic nitrogens is 3. The lowest BCUT2D eigenvalue weighted by atomic mass is 10.2. The summed E-state index contributed by atoms with van der Waals surface area (Å²) in [7, 11) is 0. The number of anilines is 2. The number of morpholine rings is 1. The molecule has 0 aromatic carbocycles. The van der Waals surface area contributed by atoms with E-state index in [1.807, 2.05) is 4.90 Å². The van der Waals surface area contributed by atoms with Crippen LogP contribution < -0.4 is 16.0 Å². The first-order valence-corrected chi connectivity index (χ1v) is 7.58. The van der Waals surface area contributed by atoms with E-state index in [1.165, 1.54) is 0 Å².